The Kier molecular flexibility index (Phi) is 6.90. The van der Waals surface area contributed by atoms with Crippen molar-refractivity contribution in [2.45, 2.75) is 63.1 Å². The largest absolute Gasteiger partial charge is 0.456 e. The van der Waals surface area contributed by atoms with Crippen molar-refractivity contribution < 1.29 is 28.8 Å². The number of pyridine rings is 1. The van der Waals surface area contributed by atoms with Crippen LogP contribution in [0.1, 0.15) is 38.2 Å². The topological polar surface area (TPSA) is 119 Å². The standard InChI is InChI=1S/C27H31ClN4O6/c1-14(2)37-27(34)32-9-7-16(8-10-32)15-3-5-17(6-4-15)22-18(28)11-19-25(30-22)31-26(29-19)38-21-13-36-23-20(33)12-35-24(21)23/h3-6,11,14,16,20-21,23-24,33H,7-10,12-13H2,1-2H3,(H,29,30,31)/t20-,21-,23-,24-/m1/s1. The minimum Gasteiger partial charge on any atom is -0.456 e. The predicted octanol–water partition coefficient (Wildman–Crippen LogP) is 3.91. The summed E-state index contributed by atoms with van der Waals surface area (Å²) in [6.07, 6.45) is -0.267. The quantitative estimate of drug-likeness (QED) is 0.498. The molecule has 0 spiro atoms. The van der Waals surface area contributed by atoms with Crippen molar-refractivity contribution in [3.63, 3.8) is 0 Å². The molecular formula is C27H31ClN4O6. The second-order valence-corrected chi connectivity index (χ2v) is 10.8. The van der Waals surface area contributed by atoms with Crippen LogP contribution in [0, 0.1) is 0 Å². The van der Waals surface area contributed by atoms with Gasteiger partial charge in [0.25, 0.3) is 6.01 Å². The van der Waals surface area contributed by atoms with Crippen LogP contribution in [0.25, 0.3) is 22.4 Å². The molecule has 3 saturated heterocycles. The zero-order valence-electron chi connectivity index (χ0n) is 21.3. The Labute approximate surface area is 225 Å². The monoisotopic (exact) mass is 542 g/mol. The van der Waals surface area contributed by atoms with Crippen molar-refractivity contribution >= 4 is 28.9 Å². The molecule has 0 saturated carbocycles. The van der Waals surface area contributed by atoms with Crippen LogP contribution in [0.2, 0.25) is 5.02 Å². The number of carbonyl (C=O) groups is 1. The number of nitrogens with zero attached hydrogens (tertiary/aromatic N) is 3. The third-order valence-corrected chi connectivity index (χ3v) is 7.68. The number of aromatic nitrogens is 3. The normalized spacial score (nSPS) is 25.8. The number of ether oxygens (including phenoxy) is 4. The minimum atomic E-state index is -0.639. The molecule has 3 aliphatic rings. The first kappa shape index (κ1) is 25.4. The summed E-state index contributed by atoms with van der Waals surface area (Å²) in [6, 6.07) is 10.4. The van der Waals surface area contributed by atoms with Crippen LogP contribution >= 0.6 is 11.6 Å². The highest BCUT2D eigenvalue weighted by atomic mass is 35.5. The first-order chi connectivity index (χ1) is 18.4. The number of aliphatic hydroxyl groups is 1. The van der Waals surface area contributed by atoms with E-state index < -0.39 is 6.10 Å². The fourth-order valence-corrected chi connectivity index (χ4v) is 5.69. The number of rotatable bonds is 5. The molecule has 3 aromatic rings. The summed E-state index contributed by atoms with van der Waals surface area (Å²) in [5.74, 6) is 0.383. The van der Waals surface area contributed by atoms with Crippen LogP contribution in [0.5, 0.6) is 6.01 Å². The molecule has 4 atom stereocenters. The fourth-order valence-electron chi connectivity index (χ4n) is 5.43. The Morgan fingerprint density at radius 1 is 1.13 bits per heavy atom. The van der Waals surface area contributed by atoms with Gasteiger partial charge in [-0.3, -0.25) is 0 Å². The predicted molar refractivity (Wildman–Crippen MR) is 139 cm³/mol. The molecule has 0 radical (unpaired) electrons. The lowest BCUT2D eigenvalue weighted by Gasteiger charge is -2.32. The van der Waals surface area contributed by atoms with Gasteiger partial charge in [-0.15, -0.1) is 0 Å². The van der Waals surface area contributed by atoms with E-state index >= 15 is 0 Å². The molecule has 6 rings (SSSR count). The summed E-state index contributed by atoms with van der Waals surface area (Å²) < 4.78 is 22.6. The Balaban J connectivity index is 1.13. The van der Waals surface area contributed by atoms with Crippen LogP contribution in [-0.2, 0) is 14.2 Å². The van der Waals surface area contributed by atoms with E-state index in [4.69, 9.17) is 35.5 Å². The number of carbonyl (C=O) groups excluding carboxylic acids is 1. The van der Waals surface area contributed by atoms with Gasteiger partial charge in [-0.25, -0.2) is 9.78 Å². The van der Waals surface area contributed by atoms with Gasteiger partial charge >= 0.3 is 6.09 Å². The van der Waals surface area contributed by atoms with E-state index in [9.17, 15) is 9.90 Å². The first-order valence-corrected chi connectivity index (χ1v) is 13.4. The maximum atomic E-state index is 12.2. The number of halogens is 1. The van der Waals surface area contributed by atoms with Gasteiger partial charge in [-0.2, -0.15) is 4.98 Å². The Hall–Kier alpha value is -2.92. The molecule has 202 valence electrons. The molecule has 5 heterocycles. The van der Waals surface area contributed by atoms with Crippen LogP contribution in [-0.4, -0.2) is 87.9 Å². The number of aliphatic hydroxyl groups excluding tert-OH is 1. The highest BCUT2D eigenvalue weighted by Crippen LogP contribution is 2.34. The molecule has 0 bridgehead atoms. The van der Waals surface area contributed by atoms with Crippen LogP contribution in [0.4, 0.5) is 4.79 Å². The summed E-state index contributed by atoms with van der Waals surface area (Å²) in [4.78, 5) is 26.3. The molecule has 1 aromatic carbocycles. The lowest BCUT2D eigenvalue weighted by molar-refractivity contribution is 0.00706. The molecule has 10 nitrogen and oxygen atoms in total. The highest BCUT2D eigenvalue weighted by molar-refractivity contribution is 6.33. The molecule has 38 heavy (non-hydrogen) atoms. The minimum absolute atomic E-state index is 0.112. The zero-order chi connectivity index (χ0) is 26.4. The molecule has 0 aliphatic carbocycles. The van der Waals surface area contributed by atoms with E-state index in [2.05, 4.69) is 22.1 Å². The smallest absolute Gasteiger partial charge is 0.410 e. The molecule has 2 aromatic heterocycles. The second kappa shape index (κ2) is 10.3. The van der Waals surface area contributed by atoms with Gasteiger partial charge in [0.15, 0.2) is 11.8 Å². The lowest BCUT2D eigenvalue weighted by atomic mass is 9.89. The molecule has 3 fully saturated rings. The van der Waals surface area contributed by atoms with Crippen molar-refractivity contribution in [1.82, 2.24) is 19.9 Å². The van der Waals surface area contributed by atoms with Crippen LogP contribution < -0.4 is 4.74 Å². The molecular weight excluding hydrogens is 512 g/mol. The van der Waals surface area contributed by atoms with Gasteiger partial charge in [0.1, 0.15) is 18.3 Å². The Morgan fingerprint density at radius 3 is 2.61 bits per heavy atom. The number of imidazole rings is 1. The highest BCUT2D eigenvalue weighted by Gasteiger charge is 2.48. The average molecular weight is 543 g/mol. The van der Waals surface area contributed by atoms with E-state index in [-0.39, 0.29) is 37.1 Å². The maximum absolute atomic E-state index is 12.2. The zero-order valence-corrected chi connectivity index (χ0v) is 22.1. The summed E-state index contributed by atoms with van der Waals surface area (Å²) in [5.41, 5.74) is 3.92. The first-order valence-electron chi connectivity index (χ1n) is 13.1. The fraction of sp³-hybridized carbons (Fsp3) is 0.519. The summed E-state index contributed by atoms with van der Waals surface area (Å²) in [5, 5.41) is 10.4. The molecule has 3 aliphatic heterocycles. The van der Waals surface area contributed by atoms with E-state index in [1.165, 1.54) is 5.56 Å². The van der Waals surface area contributed by atoms with Crippen molar-refractivity contribution in [3.8, 4) is 17.3 Å². The summed E-state index contributed by atoms with van der Waals surface area (Å²) in [7, 11) is 0. The van der Waals surface area contributed by atoms with Gasteiger partial charge in [0.2, 0.25) is 0 Å². The third kappa shape index (κ3) is 4.93. The van der Waals surface area contributed by atoms with E-state index in [1.54, 1.807) is 11.0 Å². The van der Waals surface area contributed by atoms with Crippen molar-refractivity contribution in [2.75, 3.05) is 26.3 Å². The Morgan fingerprint density at radius 2 is 1.87 bits per heavy atom. The summed E-state index contributed by atoms with van der Waals surface area (Å²) in [6.45, 7) is 5.65. The summed E-state index contributed by atoms with van der Waals surface area (Å²) >= 11 is 6.61. The number of piperidine rings is 1. The van der Waals surface area contributed by atoms with Crippen LogP contribution in [0.3, 0.4) is 0 Å². The van der Waals surface area contributed by atoms with E-state index in [0.29, 0.717) is 53.5 Å². The van der Waals surface area contributed by atoms with Crippen molar-refractivity contribution in [2.24, 2.45) is 0 Å². The molecule has 2 N–H and O–H groups in total. The third-order valence-electron chi connectivity index (χ3n) is 7.39. The number of hydrogen-bond acceptors (Lipinski definition) is 8. The number of fused-ring (bicyclic) bond motifs is 2. The number of likely N-dealkylation sites (tertiary alicyclic amines) is 1. The van der Waals surface area contributed by atoms with Gasteiger partial charge in [0, 0.05) is 18.7 Å². The number of benzene rings is 1. The van der Waals surface area contributed by atoms with Crippen LogP contribution in [0.15, 0.2) is 30.3 Å². The number of H-pyrrole nitrogens is 1. The second-order valence-electron chi connectivity index (χ2n) is 10.4. The van der Waals surface area contributed by atoms with Gasteiger partial charge in [0.05, 0.1) is 35.6 Å². The van der Waals surface area contributed by atoms with Crippen molar-refractivity contribution in [1.29, 1.82) is 0 Å². The molecule has 1 amide bonds. The van der Waals surface area contributed by atoms with E-state index in [1.807, 2.05) is 26.0 Å². The van der Waals surface area contributed by atoms with Gasteiger partial charge in [-0.1, -0.05) is 35.9 Å². The average Bonchev–Trinajstić information content (AvgIpc) is 3.60. The van der Waals surface area contributed by atoms with Gasteiger partial charge < -0.3 is 33.9 Å². The number of hydrogen-bond donors (Lipinski definition) is 2. The number of nitrogens with one attached hydrogen (secondary N) is 1. The Bertz CT molecular complexity index is 1310. The number of amides is 1. The number of aromatic amines is 1. The lowest BCUT2D eigenvalue weighted by Crippen LogP contribution is -2.39. The van der Waals surface area contributed by atoms with Crippen molar-refractivity contribution in [3.05, 3.63) is 40.9 Å². The molecule has 11 heteroatoms. The van der Waals surface area contributed by atoms with Gasteiger partial charge in [-0.05, 0) is 44.2 Å². The SMILES string of the molecule is CC(C)OC(=O)N1CCC(c2ccc(-c3nc4nc(O[C@@H]5CO[C@H]6[C@@H]5OC[C@H]6O)[nH]c4cc3Cl)cc2)CC1. The molecule has 0 unspecified atom stereocenters. The van der Waals surface area contributed by atoms with E-state index in [0.717, 1.165) is 18.4 Å². The maximum Gasteiger partial charge on any atom is 0.410 e.